The minimum atomic E-state index is -0.968. The molecule has 0 heterocycles. The second-order valence-electron chi connectivity index (χ2n) is 7.06. The largest absolute Gasteiger partial charge is 0.480 e. The van der Waals surface area contributed by atoms with Crippen molar-refractivity contribution in [3.05, 3.63) is 70.8 Å². The number of aldehydes is 2. The number of nitrogens with two attached hydrogens (primary N) is 2. The lowest BCUT2D eigenvalue weighted by Crippen LogP contribution is -2.22. The first-order valence-electron chi connectivity index (χ1n) is 10.0. The Balaban J connectivity index is 0.000000383. The van der Waals surface area contributed by atoms with Gasteiger partial charge in [-0.2, -0.15) is 0 Å². The predicted molar refractivity (Wildman–Crippen MR) is 121 cm³/mol. The van der Waals surface area contributed by atoms with Gasteiger partial charge in [-0.1, -0.05) is 66.8 Å². The number of aryl methyl sites for hydroxylation is 2. The highest BCUT2D eigenvalue weighted by Crippen LogP contribution is 2.14. The maximum Gasteiger partial charge on any atom is 0.317 e. The first-order chi connectivity index (χ1) is 14.3. The molecular formula is C24H34N2O4. The van der Waals surface area contributed by atoms with E-state index in [1.807, 2.05) is 50.2 Å². The summed E-state index contributed by atoms with van der Waals surface area (Å²) in [6.45, 7) is 3.65. The Labute approximate surface area is 179 Å². The van der Waals surface area contributed by atoms with Crippen LogP contribution >= 0.6 is 0 Å². The van der Waals surface area contributed by atoms with Gasteiger partial charge in [0, 0.05) is 17.2 Å². The molecule has 164 valence electrons. The summed E-state index contributed by atoms with van der Waals surface area (Å²) >= 11 is 0. The Morgan fingerprint density at radius 2 is 1.33 bits per heavy atom. The number of rotatable bonds is 3. The minimum absolute atomic E-state index is 0.278. The highest BCUT2D eigenvalue weighted by Gasteiger charge is 2.06. The van der Waals surface area contributed by atoms with Crippen molar-refractivity contribution < 1.29 is 19.5 Å². The van der Waals surface area contributed by atoms with E-state index in [1.54, 1.807) is 12.1 Å². The third-order valence-electron chi connectivity index (χ3n) is 4.18. The molecule has 1 aliphatic carbocycles. The summed E-state index contributed by atoms with van der Waals surface area (Å²) in [7, 11) is 0. The molecule has 1 aliphatic rings. The average Bonchev–Trinajstić information content (AvgIpc) is 2.75. The number of carbonyl (C=O) groups is 3. The third-order valence-corrected chi connectivity index (χ3v) is 4.18. The molecule has 5 N–H and O–H groups in total. The molecule has 6 nitrogen and oxygen atoms in total. The van der Waals surface area contributed by atoms with Crippen LogP contribution in [0.4, 0.5) is 0 Å². The molecule has 3 rings (SSSR count). The molecule has 0 saturated heterocycles. The lowest BCUT2D eigenvalue weighted by Gasteiger charge is -2.15. The average molecular weight is 415 g/mol. The Kier molecular flexibility index (Phi) is 15.5. The van der Waals surface area contributed by atoms with Crippen LogP contribution in [0.5, 0.6) is 0 Å². The van der Waals surface area contributed by atoms with Crippen molar-refractivity contribution in [2.24, 2.45) is 11.5 Å². The zero-order valence-corrected chi connectivity index (χ0v) is 17.9. The summed E-state index contributed by atoms with van der Waals surface area (Å²) in [6, 6.07) is 15.5. The monoisotopic (exact) mass is 414 g/mol. The van der Waals surface area contributed by atoms with Crippen LogP contribution in [-0.4, -0.2) is 36.2 Å². The molecule has 0 amide bonds. The fourth-order valence-electron chi connectivity index (χ4n) is 2.62. The molecule has 6 heteroatoms. The van der Waals surface area contributed by atoms with Crippen molar-refractivity contribution in [1.29, 1.82) is 0 Å². The van der Waals surface area contributed by atoms with E-state index in [2.05, 4.69) is 5.73 Å². The number of hydrogen-bond acceptors (Lipinski definition) is 5. The van der Waals surface area contributed by atoms with Gasteiger partial charge in [-0.15, -0.1) is 0 Å². The third kappa shape index (κ3) is 15.1. The standard InChI is InChI=1S/2C8H8O.C6H13N.C2H5NO2/c2*1-7-3-2-4-8(5-7)6-9;7-6-4-2-1-3-5-6;3-1-2(4)5/h2*2-6H,1H3;6H,1-5,7H2;1,3H2,(H,4,5). The molecule has 1 fully saturated rings. The molecule has 0 bridgehead atoms. The zero-order valence-electron chi connectivity index (χ0n) is 17.9. The van der Waals surface area contributed by atoms with E-state index in [9.17, 15) is 14.4 Å². The van der Waals surface area contributed by atoms with E-state index in [0.29, 0.717) is 6.04 Å². The van der Waals surface area contributed by atoms with E-state index < -0.39 is 5.97 Å². The van der Waals surface area contributed by atoms with Gasteiger partial charge < -0.3 is 16.6 Å². The van der Waals surface area contributed by atoms with Gasteiger partial charge in [-0.25, -0.2) is 0 Å². The molecule has 30 heavy (non-hydrogen) atoms. The normalized spacial score (nSPS) is 12.5. The van der Waals surface area contributed by atoms with Crippen LogP contribution in [0.2, 0.25) is 0 Å². The van der Waals surface area contributed by atoms with Crippen molar-refractivity contribution in [3.63, 3.8) is 0 Å². The Bertz CT molecular complexity index is 707. The van der Waals surface area contributed by atoms with Crippen molar-refractivity contribution in [1.82, 2.24) is 0 Å². The second-order valence-corrected chi connectivity index (χ2v) is 7.06. The van der Waals surface area contributed by atoms with Crippen molar-refractivity contribution in [2.45, 2.75) is 52.0 Å². The number of carbonyl (C=O) groups excluding carboxylic acids is 2. The van der Waals surface area contributed by atoms with Gasteiger partial charge in [0.25, 0.3) is 0 Å². The van der Waals surface area contributed by atoms with E-state index in [-0.39, 0.29) is 6.54 Å². The van der Waals surface area contributed by atoms with Gasteiger partial charge in [-0.3, -0.25) is 14.4 Å². The number of carboxylic acids is 1. The number of aliphatic carboxylic acids is 1. The highest BCUT2D eigenvalue weighted by molar-refractivity contribution is 5.75. The van der Waals surface area contributed by atoms with Crippen molar-refractivity contribution in [3.8, 4) is 0 Å². The number of hydrogen-bond donors (Lipinski definition) is 3. The Morgan fingerprint density at radius 1 is 0.933 bits per heavy atom. The first-order valence-corrected chi connectivity index (χ1v) is 10.0. The summed E-state index contributed by atoms with van der Waals surface area (Å²) < 4.78 is 0. The lowest BCUT2D eigenvalue weighted by atomic mass is 9.97. The van der Waals surface area contributed by atoms with Crippen LogP contribution < -0.4 is 11.5 Å². The molecule has 0 spiro atoms. The van der Waals surface area contributed by atoms with Crippen LogP contribution in [0.15, 0.2) is 48.5 Å². The first kappa shape index (κ1) is 27.2. The summed E-state index contributed by atoms with van der Waals surface area (Å²) in [4.78, 5) is 29.6. The summed E-state index contributed by atoms with van der Waals surface area (Å²) in [5.74, 6) is -0.968. The van der Waals surface area contributed by atoms with Gasteiger partial charge in [-0.05, 0) is 38.8 Å². The smallest absolute Gasteiger partial charge is 0.317 e. The molecule has 0 atom stereocenters. The Morgan fingerprint density at radius 3 is 1.53 bits per heavy atom. The van der Waals surface area contributed by atoms with Gasteiger partial charge in [0.2, 0.25) is 0 Å². The van der Waals surface area contributed by atoms with E-state index >= 15 is 0 Å². The molecule has 0 aliphatic heterocycles. The molecular weight excluding hydrogens is 380 g/mol. The summed E-state index contributed by atoms with van der Waals surface area (Å²) in [6.07, 6.45) is 8.37. The molecule has 1 saturated carbocycles. The molecule has 0 unspecified atom stereocenters. The lowest BCUT2D eigenvalue weighted by molar-refractivity contribution is -0.135. The topological polar surface area (TPSA) is 123 Å². The maximum atomic E-state index is 10.2. The van der Waals surface area contributed by atoms with E-state index in [4.69, 9.17) is 10.8 Å². The summed E-state index contributed by atoms with van der Waals surface area (Å²) in [5, 5.41) is 7.60. The van der Waals surface area contributed by atoms with Crippen molar-refractivity contribution >= 4 is 18.5 Å². The highest BCUT2D eigenvalue weighted by atomic mass is 16.4. The van der Waals surface area contributed by atoms with Crippen LogP contribution in [0, 0.1) is 13.8 Å². The fraction of sp³-hybridized carbons (Fsp3) is 0.375. The molecule has 2 aromatic carbocycles. The van der Waals surface area contributed by atoms with Crippen LogP contribution in [-0.2, 0) is 4.79 Å². The van der Waals surface area contributed by atoms with E-state index in [0.717, 1.165) is 34.8 Å². The minimum Gasteiger partial charge on any atom is -0.480 e. The van der Waals surface area contributed by atoms with Gasteiger partial charge in [0.1, 0.15) is 12.6 Å². The van der Waals surface area contributed by atoms with Crippen molar-refractivity contribution in [2.75, 3.05) is 6.54 Å². The fourth-order valence-corrected chi connectivity index (χ4v) is 2.62. The molecule has 2 aromatic rings. The van der Waals surface area contributed by atoms with Crippen LogP contribution in [0.3, 0.4) is 0 Å². The van der Waals surface area contributed by atoms with E-state index in [1.165, 1.54) is 32.1 Å². The van der Waals surface area contributed by atoms with Gasteiger partial charge >= 0.3 is 5.97 Å². The van der Waals surface area contributed by atoms with Gasteiger partial charge in [0.05, 0.1) is 6.54 Å². The number of carboxylic acid groups (broad SMARTS) is 1. The molecule has 0 radical (unpaired) electrons. The second kappa shape index (κ2) is 17.1. The quantitative estimate of drug-likeness (QED) is 0.654. The number of benzene rings is 2. The Hall–Kier alpha value is -2.83. The SMILES string of the molecule is Cc1cccc(C=O)c1.Cc1cccc(C=O)c1.NC1CCCCC1.NCC(=O)O. The predicted octanol–water partition coefficient (Wildman–Crippen LogP) is 3.92. The van der Waals surface area contributed by atoms with Crippen LogP contribution in [0.25, 0.3) is 0 Å². The van der Waals surface area contributed by atoms with Gasteiger partial charge in [0.15, 0.2) is 0 Å². The zero-order chi connectivity index (χ0) is 22.8. The molecule has 0 aromatic heterocycles. The van der Waals surface area contributed by atoms with Crippen LogP contribution in [0.1, 0.15) is 63.9 Å². The maximum absolute atomic E-state index is 10.2. The summed E-state index contributed by atoms with van der Waals surface area (Å²) in [5.41, 5.74) is 13.9.